The molecule has 5 heteroatoms. The number of fused-ring (bicyclic) bond motifs is 1. The van der Waals surface area contributed by atoms with E-state index in [9.17, 15) is 8.42 Å². The van der Waals surface area contributed by atoms with Crippen molar-refractivity contribution in [1.82, 2.24) is 4.72 Å². The molecule has 2 aromatic rings. The van der Waals surface area contributed by atoms with Gasteiger partial charge in [-0.3, -0.25) is 0 Å². The lowest BCUT2D eigenvalue weighted by atomic mass is 10.2. The third-order valence-electron chi connectivity index (χ3n) is 3.99. The van der Waals surface area contributed by atoms with Gasteiger partial charge in [0.2, 0.25) is 10.0 Å². The summed E-state index contributed by atoms with van der Waals surface area (Å²) in [6.45, 7) is 3.98. The Morgan fingerprint density at radius 1 is 1.09 bits per heavy atom. The average Bonchev–Trinajstić information content (AvgIpc) is 2.91. The predicted octanol–water partition coefficient (Wildman–Crippen LogP) is 2.34. The fourth-order valence-corrected chi connectivity index (χ4v) is 3.78. The van der Waals surface area contributed by atoms with Gasteiger partial charge < -0.3 is 4.90 Å². The molecule has 0 spiro atoms. The van der Waals surface area contributed by atoms with Crippen molar-refractivity contribution in [3.63, 3.8) is 0 Å². The maximum atomic E-state index is 12.2. The number of hydrogen-bond acceptors (Lipinski definition) is 3. The Labute approximate surface area is 131 Å². The van der Waals surface area contributed by atoms with E-state index < -0.39 is 10.0 Å². The van der Waals surface area contributed by atoms with Crippen LogP contribution in [0.2, 0.25) is 0 Å². The van der Waals surface area contributed by atoms with Crippen LogP contribution in [0.4, 0.5) is 5.69 Å². The highest BCUT2D eigenvalue weighted by Gasteiger charge is 2.19. The zero-order chi connectivity index (χ0) is 15.6. The van der Waals surface area contributed by atoms with Gasteiger partial charge in [-0.2, -0.15) is 0 Å². The Kier molecular flexibility index (Phi) is 4.18. The Hall–Kier alpha value is -1.85. The van der Waals surface area contributed by atoms with E-state index in [1.165, 1.54) is 11.3 Å². The molecule has 0 amide bonds. The number of rotatable bonds is 5. The predicted molar refractivity (Wildman–Crippen MR) is 88.7 cm³/mol. The molecule has 1 aliphatic rings. The number of benzene rings is 2. The molecular formula is C17H20N2O2S. The lowest BCUT2D eigenvalue weighted by molar-refractivity contribution is 0.581. The molecule has 0 fully saturated rings. The van der Waals surface area contributed by atoms with Crippen LogP contribution in [0.15, 0.2) is 53.4 Å². The minimum absolute atomic E-state index is 0.319. The smallest absolute Gasteiger partial charge is 0.240 e. The van der Waals surface area contributed by atoms with E-state index in [2.05, 4.69) is 21.8 Å². The van der Waals surface area contributed by atoms with Gasteiger partial charge >= 0.3 is 0 Å². The summed E-state index contributed by atoms with van der Waals surface area (Å²) in [4.78, 5) is 2.55. The highest BCUT2D eigenvalue weighted by atomic mass is 32.2. The second kappa shape index (κ2) is 6.10. The largest absolute Gasteiger partial charge is 0.370 e. The van der Waals surface area contributed by atoms with Crippen molar-refractivity contribution in [3.05, 3.63) is 59.7 Å². The molecule has 0 unspecified atom stereocenters. The molecule has 116 valence electrons. The van der Waals surface area contributed by atoms with E-state index in [-0.39, 0.29) is 0 Å². The first-order valence-electron chi connectivity index (χ1n) is 7.45. The molecule has 3 rings (SSSR count). The van der Waals surface area contributed by atoms with Crippen LogP contribution in [-0.2, 0) is 16.4 Å². The van der Waals surface area contributed by atoms with Crippen LogP contribution in [0, 0.1) is 6.92 Å². The SMILES string of the molecule is Cc1ccc(S(=O)(=O)NCCN2CCc3ccccc32)cc1. The molecule has 1 heterocycles. The summed E-state index contributed by atoms with van der Waals surface area (Å²) in [6, 6.07) is 15.2. The summed E-state index contributed by atoms with van der Waals surface area (Å²) in [5.41, 5.74) is 3.61. The number of sulfonamides is 1. The number of aryl methyl sites for hydroxylation is 1. The number of anilines is 1. The van der Waals surface area contributed by atoms with Crippen molar-refractivity contribution >= 4 is 15.7 Å². The molecular weight excluding hydrogens is 296 g/mol. The van der Waals surface area contributed by atoms with Crippen LogP contribution in [0.25, 0.3) is 0 Å². The second-order valence-electron chi connectivity index (χ2n) is 5.58. The van der Waals surface area contributed by atoms with E-state index in [1.807, 2.05) is 31.2 Å². The maximum absolute atomic E-state index is 12.2. The van der Waals surface area contributed by atoms with Crippen molar-refractivity contribution in [3.8, 4) is 0 Å². The first-order chi connectivity index (χ1) is 10.6. The number of nitrogens with zero attached hydrogens (tertiary/aromatic N) is 1. The second-order valence-corrected chi connectivity index (χ2v) is 7.34. The van der Waals surface area contributed by atoms with Crippen LogP contribution in [0.1, 0.15) is 11.1 Å². The molecule has 22 heavy (non-hydrogen) atoms. The van der Waals surface area contributed by atoms with Gasteiger partial charge in [-0.05, 0) is 37.1 Å². The molecule has 0 aromatic heterocycles. The molecule has 0 bridgehead atoms. The van der Waals surface area contributed by atoms with Crippen LogP contribution in [0.3, 0.4) is 0 Å². The quantitative estimate of drug-likeness (QED) is 0.921. The first kappa shape index (κ1) is 15.1. The van der Waals surface area contributed by atoms with Crippen LogP contribution in [0.5, 0.6) is 0 Å². The van der Waals surface area contributed by atoms with Gasteiger partial charge in [0, 0.05) is 25.3 Å². The zero-order valence-electron chi connectivity index (χ0n) is 12.6. The first-order valence-corrected chi connectivity index (χ1v) is 8.94. The Morgan fingerprint density at radius 3 is 2.59 bits per heavy atom. The monoisotopic (exact) mass is 316 g/mol. The van der Waals surface area contributed by atoms with Crippen molar-refractivity contribution in [1.29, 1.82) is 0 Å². The highest BCUT2D eigenvalue weighted by molar-refractivity contribution is 7.89. The van der Waals surface area contributed by atoms with E-state index >= 15 is 0 Å². The molecule has 0 aliphatic carbocycles. The summed E-state index contributed by atoms with van der Waals surface area (Å²) in [6.07, 6.45) is 1.03. The van der Waals surface area contributed by atoms with E-state index in [0.717, 1.165) is 18.5 Å². The van der Waals surface area contributed by atoms with Crippen molar-refractivity contribution in [2.75, 3.05) is 24.5 Å². The fraction of sp³-hybridized carbons (Fsp3) is 0.294. The van der Waals surface area contributed by atoms with Crippen LogP contribution in [-0.4, -0.2) is 28.1 Å². The van der Waals surface area contributed by atoms with E-state index in [4.69, 9.17) is 0 Å². The van der Waals surface area contributed by atoms with Gasteiger partial charge in [0.15, 0.2) is 0 Å². The van der Waals surface area contributed by atoms with Gasteiger partial charge in [-0.1, -0.05) is 35.9 Å². The van der Waals surface area contributed by atoms with Crippen molar-refractivity contribution in [2.45, 2.75) is 18.2 Å². The Bertz CT molecular complexity index is 754. The van der Waals surface area contributed by atoms with Crippen molar-refractivity contribution < 1.29 is 8.42 Å². The lowest BCUT2D eigenvalue weighted by Gasteiger charge is -2.19. The normalized spacial score (nSPS) is 14.1. The summed E-state index contributed by atoms with van der Waals surface area (Å²) in [5, 5.41) is 0. The molecule has 0 radical (unpaired) electrons. The molecule has 1 N–H and O–H groups in total. The minimum Gasteiger partial charge on any atom is -0.370 e. The maximum Gasteiger partial charge on any atom is 0.240 e. The van der Waals surface area contributed by atoms with Gasteiger partial charge in [0.25, 0.3) is 0 Å². The lowest BCUT2D eigenvalue weighted by Crippen LogP contribution is -2.34. The zero-order valence-corrected chi connectivity index (χ0v) is 13.4. The van der Waals surface area contributed by atoms with Gasteiger partial charge in [0.1, 0.15) is 0 Å². The van der Waals surface area contributed by atoms with Gasteiger partial charge in [-0.15, -0.1) is 0 Å². The Balaban J connectivity index is 1.60. The number of hydrogen-bond donors (Lipinski definition) is 1. The van der Waals surface area contributed by atoms with Gasteiger partial charge in [-0.25, -0.2) is 13.1 Å². The summed E-state index contributed by atoms with van der Waals surface area (Å²) in [5.74, 6) is 0. The summed E-state index contributed by atoms with van der Waals surface area (Å²) in [7, 11) is -3.42. The van der Waals surface area contributed by atoms with Crippen LogP contribution >= 0.6 is 0 Å². The fourth-order valence-electron chi connectivity index (χ4n) is 2.75. The molecule has 4 nitrogen and oxygen atoms in total. The molecule has 0 atom stereocenters. The molecule has 1 aliphatic heterocycles. The highest BCUT2D eigenvalue weighted by Crippen LogP contribution is 2.26. The van der Waals surface area contributed by atoms with E-state index in [1.54, 1.807) is 12.1 Å². The average molecular weight is 316 g/mol. The van der Waals surface area contributed by atoms with Crippen LogP contribution < -0.4 is 9.62 Å². The minimum atomic E-state index is -3.42. The molecule has 0 saturated heterocycles. The topological polar surface area (TPSA) is 49.4 Å². The summed E-state index contributed by atoms with van der Waals surface area (Å²) >= 11 is 0. The third-order valence-corrected chi connectivity index (χ3v) is 5.47. The van der Waals surface area contributed by atoms with E-state index in [0.29, 0.717) is 18.0 Å². The third kappa shape index (κ3) is 3.15. The van der Waals surface area contributed by atoms with Crippen molar-refractivity contribution in [2.24, 2.45) is 0 Å². The standard InChI is InChI=1S/C17H20N2O2S/c1-14-6-8-16(9-7-14)22(20,21)18-11-13-19-12-10-15-4-2-3-5-17(15)19/h2-9,18H,10-13H2,1H3. The van der Waals surface area contributed by atoms with Gasteiger partial charge in [0.05, 0.1) is 4.90 Å². The number of para-hydroxylation sites is 1. The molecule has 2 aromatic carbocycles. The Morgan fingerprint density at radius 2 is 1.82 bits per heavy atom. The number of nitrogens with one attached hydrogen (secondary N) is 1. The summed E-state index contributed by atoms with van der Waals surface area (Å²) < 4.78 is 27.1. The molecule has 0 saturated carbocycles.